The molecule has 27 heavy (non-hydrogen) atoms. The number of nitrogens with one attached hydrogen (secondary N) is 1. The highest BCUT2D eigenvalue weighted by Crippen LogP contribution is 2.25. The van der Waals surface area contributed by atoms with E-state index in [-0.39, 0.29) is 30.0 Å². The van der Waals surface area contributed by atoms with Crippen LogP contribution in [0.25, 0.3) is 10.2 Å². The normalized spacial score (nSPS) is 12.3. The van der Waals surface area contributed by atoms with Crippen molar-refractivity contribution < 1.29 is 13.6 Å². The molecule has 2 heterocycles. The number of rotatable bonds is 5. The van der Waals surface area contributed by atoms with Crippen molar-refractivity contribution in [2.24, 2.45) is 0 Å². The molecule has 0 bridgehead atoms. The molecule has 0 spiro atoms. The Bertz CT molecular complexity index is 1070. The molecule has 0 aliphatic carbocycles. The van der Waals surface area contributed by atoms with Gasteiger partial charge in [-0.3, -0.25) is 14.2 Å². The lowest BCUT2D eigenvalue weighted by Crippen LogP contribution is -2.30. The van der Waals surface area contributed by atoms with Gasteiger partial charge in [0.25, 0.3) is 5.56 Å². The van der Waals surface area contributed by atoms with Crippen molar-refractivity contribution in [2.75, 3.05) is 0 Å². The Balaban J connectivity index is 1.70. The standard InChI is InChI=1S/C19H19F2N3O2S/c1-10-12(3)27-18-17(10)19(26)24(9-22-18)7-6-16(25)23-11(2)14-8-13(20)4-5-15(14)21/h4-5,8-9,11H,6-7H2,1-3H3,(H,23,25). The topological polar surface area (TPSA) is 64.0 Å². The lowest BCUT2D eigenvalue weighted by molar-refractivity contribution is -0.122. The van der Waals surface area contributed by atoms with E-state index in [0.717, 1.165) is 28.6 Å². The number of aryl methyl sites for hydroxylation is 3. The Morgan fingerprint density at radius 2 is 2.07 bits per heavy atom. The molecule has 3 rings (SSSR count). The summed E-state index contributed by atoms with van der Waals surface area (Å²) in [5.41, 5.74) is 0.799. The van der Waals surface area contributed by atoms with Crippen LogP contribution in [0, 0.1) is 25.5 Å². The highest BCUT2D eigenvalue weighted by molar-refractivity contribution is 7.18. The van der Waals surface area contributed by atoms with Gasteiger partial charge in [-0.2, -0.15) is 0 Å². The SMILES string of the molecule is Cc1sc2ncn(CCC(=O)NC(C)c3cc(F)ccc3F)c(=O)c2c1C. The van der Waals surface area contributed by atoms with Gasteiger partial charge in [0.2, 0.25) is 5.91 Å². The largest absolute Gasteiger partial charge is 0.349 e. The van der Waals surface area contributed by atoms with Gasteiger partial charge in [-0.25, -0.2) is 13.8 Å². The Kier molecular flexibility index (Phi) is 5.36. The van der Waals surface area contributed by atoms with Crippen LogP contribution in [0.4, 0.5) is 8.78 Å². The zero-order valence-corrected chi connectivity index (χ0v) is 16.0. The second-order valence-corrected chi connectivity index (χ2v) is 7.61. The molecule has 1 N–H and O–H groups in total. The van der Waals surface area contributed by atoms with Crippen molar-refractivity contribution in [2.45, 2.75) is 39.8 Å². The number of aromatic nitrogens is 2. The summed E-state index contributed by atoms with van der Waals surface area (Å²) in [6, 6.07) is 2.42. The fourth-order valence-corrected chi connectivity index (χ4v) is 3.88. The van der Waals surface area contributed by atoms with Gasteiger partial charge in [-0.05, 0) is 44.5 Å². The van der Waals surface area contributed by atoms with Crippen molar-refractivity contribution in [3.05, 3.63) is 62.5 Å². The second kappa shape index (κ2) is 7.56. The molecule has 142 valence electrons. The number of carbonyl (C=O) groups excluding carboxylic acids is 1. The molecule has 8 heteroatoms. The monoisotopic (exact) mass is 391 g/mol. The fourth-order valence-electron chi connectivity index (χ4n) is 2.89. The first-order valence-electron chi connectivity index (χ1n) is 8.47. The van der Waals surface area contributed by atoms with Crippen LogP contribution in [0.5, 0.6) is 0 Å². The van der Waals surface area contributed by atoms with Gasteiger partial charge in [0.1, 0.15) is 16.5 Å². The van der Waals surface area contributed by atoms with Crippen molar-refractivity contribution in [1.29, 1.82) is 0 Å². The summed E-state index contributed by atoms with van der Waals surface area (Å²) in [7, 11) is 0. The van der Waals surface area contributed by atoms with Crippen LogP contribution in [-0.4, -0.2) is 15.5 Å². The van der Waals surface area contributed by atoms with E-state index in [4.69, 9.17) is 0 Å². The van der Waals surface area contributed by atoms with Crippen LogP contribution in [0.2, 0.25) is 0 Å². The maximum Gasteiger partial charge on any atom is 0.262 e. The molecule has 5 nitrogen and oxygen atoms in total. The molecule has 1 amide bonds. The van der Waals surface area contributed by atoms with E-state index >= 15 is 0 Å². The second-order valence-electron chi connectivity index (χ2n) is 6.41. The van der Waals surface area contributed by atoms with E-state index in [2.05, 4.69) is 10.3 Å². The minimum Gasteiger partial charge on any atom is -0.349 e. The Morgan fingerprint density at radius 3 is 2.81 bits per heavy atom. The minimum atomic E-state index is -0.688. The molecule has 1 atom stereocenters. The third-order valence-electron chi connectivity index (χ3n) is 4.54. The molecule has 3 aromatic rings. The smallest absolute Gasteiger partial charge is 0.262 e. The number of thiophene rings is 1. The molecule has 0 aliphatic rings. The summed E-state index contributed by atoms with van der Waals surface area (Å²) < 4.78 is 28.5. The Labute approximate surface area is 158 Å². The molecule has 1 unspecified atom stereocenters. The first-order valence-corrected chi connectivity index (χ1v) is 9.29. The average molecular weight is 391 g/mol. The summed E-state index contributed by atoms with van der Waals surface area (Å²) in [6.45, 7) is 5.54. The van der Waals surface area contributed by atoms with E-state index in [1.165, 1.54) is 22.2 Å². The lowest BCUT2D eigenvalue weighted by atomic mass is 10.1. The Morgan fingerprint density at radius 1 is 1.33 bits per heavy atom. The van der Waals surface area contributed by atoms with Gasteiger partial charge in [0.15, 0.2) is 0 Å². The average Bonchev–Trinajstić information content (AvgIpc) is 2.91. The lowest BCUT2D eigenvalue weighted by Gasteiger charge is -2.15. The summed E-state index contributed by atoms with van der Waals surface area (Å²) in [6.07, 6.45) is 1.46. The van der Waals surface area contributed by atoms with Crippen molar-refractivity contribution in [3.63, 3.8) is 0 Å². The maximum atomic E-state index is 13.8. The Hall–Kier alpha value is -2.61. The minimum absolute atomic E-state index is 0.0243. The van der Waals surface area contributed by atoms with Crippen LogP contribution in [0.15, 0.2) is 29.3 Å². The van der Waals surface area contributed by atoms with Gasteiger partial charge in [-0.1, -0.05) is 0 Å². The van der Waals surface area contributed by atoms with Crippen LogP contribution >= 0.6 is 11.3 Å². The van der Waals surface area contributed by atoms with E-state index < -0.39 is 17.7 Å². The number of hydrogen-bond donors (Lipinski definition) is 1. The number of fused-ring (bicyclic) bond motifs is 1. The summed E-state index contributed by atoms with van der Waals surface area (Å²) >= 11 is 1.46. The molecule has 0 saturated heterocycles. The molecule has 0 aliphatic heterocycles. The van der Waals surface area contributed by atoms with E-state index in [9.17, 15) is 18.4 Å². The molecular weight excluding hydrogens is 372 g/mol. The molecule has 1 aromatic carbocycles. The number of amides is 1. The number of nitrogens with zero attached hydrogens (tertiary/aromatic N) is 2. The van der Waals surface area contributed by atoms with E-state index in [1.54, 1.807) is 6.92 Å². The van der Waals surface area contributed by atoms with E-state index in [0.29, 0.717) is 10.2 Å². The third-order valence-corrected chi connectivity index (χ3v) is 5.65. The van der Waals surface area contributed by atoms with Gasteiger partial charge < -0.3 is 5.32 Å². The first-order chi connectivity index (χ1) is 12.8. The molecular formula is C19H19F2N3O2S. The van der Waals surface area contributed by atoms with Crippen molar-refractivity contribution >= 4 is 27.5 Å². The molecule has 0 radical (unpaired) electrons. The van der Waals surface area contributed by atoms with Crippen molar-refractivity contribution in [3.8, 4) is 0 Å². The summed E-state index contributed by atoms with van der Waals surface area (Å²) in [4.78, 5) is 30.8. The zero-order chi connectivity index (χ0) is 19.7. The number of carbonyl (C=O) groups is 1. The van der Waals surface area contributed by atoms with Crippen molar-refractivity contribution in [1.82, 2.24) is 14.9 Å². The molecule has 2 aromatic heterocycles. The molecule has 0 saturated carbocycles. The van der Waals surface area contributed by atoms with Gasteiger partial charge in [0, 0.05) is 23.4 Å². The summed E-state index contributed by atoms with van der Waals surface area (Å²) in [5.74, 6) is -1.52. The van der Waals surface area contributed by atoms with Crippen LogP contribution in [-0.2, 0) is 11.3 Å². The third kappa shape index (κ3) is 3.90. The number of benzene rings is 1. The highest BCUT2D eigenvalue weighted by atomic mass is 32.1. The summed E-state index contributed by atoms with van der Waals surface area (Å²) in [5, 5.41) is 3.21. The predicted molar refractivity (Wildman–Crippen MR) is 101 cm³/mol. The first kappa shape index (κ1) is 19.2. The maximum absolute atomic E-state index is 13.8. The number of halogens is 2. The van der Waals surface area contributed by atoms with Crippen LogP contribution in [0.3, 0.4) is 0 Å². The van der Waals surface area contributed by atoms with Gasteiger partial charge >= 0.3 is 0 Å². The highest BCUT2D eigenvalue weighted by Gasteiger charge is 2.16. The van der Waals surface area contributed by atoms with Gasteiger partial charge in [-0.15, -0.1) is 11.3 Å². The van der Waals surface area contributed by atoms with Crippen LogP contribution < -0.4 is 10.9 Å². The number of hydrogen-bond acceptors (Lipinski definition) is 4. The quantitative estimate of drug-likeness (QED) is 0.723. The molecule has 0 fully saturated rings. The van der Waals surface area contributed by atoms with Crippen LogP contribution in [0.1, 0.15) is 35.4 Å². The van der Waals surface area contributed by atoms with Gasteiger partial charge in [0.05, 0.1) is 17.8 Å². The fraction of sp³-hybridized carbons (Fsp3) is 0.316. The zero-order valence-electron chi connectivity index (χ0n) is 15.2. The van der Waals surface area contributed by atoms with E-state index in [1.807, 2.05) is 13.8 Å². The predicted octanol–water partition coefficient (Wildman–Crippen LogP) is 3.62.